The first kappa shape index (κ1) is 22.7. The number of aromatic nitrogens is 2. The predicted molar refractivity (Wildman–Crippen MR) is 125 cm³/mol. The quantitative estimate of drug-likeness (QED) is 0.525. The van der Waals surface area contributed by atoms with Crippen molar-refractivity contribution in [3.05, 3.63) is 59.9 Å². The van der Waals surface area contributed by atoms with Gasteiger partial charge in [-0.05, 0) is 60.2 Å². The lowest BCUT2D eigenvalue weighted by Gasteiger charge is -2.18. The molecule has 0 fully saturated rings. The normalized spacial score (nSPS) is 12.0. The number of benzene rings is 1. The van der Waals surface area contributed by atoms with Gasteiger partial charge in [0.25, 0.3) is 5.91 Å². The van der Waals surface area contributed by atoms with Gasteiger partial charge in [0, 0.05) is 23.3 Å². The van der Waals surface area contributed by atoms with Crippen LogP contribution in [0, 0.1) is 0 Å². The Morgan fingerprint density at radius 2 is 2.00 bits per heavy atom. The summed E-state index contributed by atoms with van der Waals surface area (Å²) < 4.78 is 4.89. The van der Waals surface area contributed by atoms with E-state index in [0.29, 0.717) is 23.6 Å². The molecule has 0 saturated carbocycles. The monoisotopic (exact) mass is 437 g/mol. The molecule has 0 aliphatic carbocycles. The van der Waals surface area contributed by atoms with Gasteiger partial charge < -0.3 is 10.1 Å². The van der Waals surface area contributed by atoms with E-state index in [0.717, 1.165) is 27.8 Å². The van der Waals surface area contributed by atoms with Crippen molar-refractivity contribution in [3.8, 4) is 11.3 Å². The van der Waals surface area contributed by atoms with Crippen LogP contribution in [0.2, 0.25) is 0 Å². The van der Waals surface area contributed by atoms with Gasteiger partial charge in [0.15, 0.2) is 0 Å². The van der Waals surface area contributed by atoms with Gasteiger partial charge in [-0.1, -0.05) is 19.9 Å². The number of carbonyl (C=O) groups excluding carboxylic acids is 2. The Kier molecular flexibility index (Phi) is 7.63. The third-order valence-corrected chi connectivity index (χ3v) is 5.75. The molecule has 0 aliphatic rings. The number of nitrogens with one attached hydrogen (secondary N) is 1. The van der Waals surface area contributed by atoms with Gasteiger partial charge in [-0.15, -0.1) is 0 Å². The Hall–Kier alpha value is -2.93. The number of carbonyl (C=O) groups is 2. The molecule has 7 heteroatoms. The fourth-order valence-electron chi connectivity index (χ4n) is 3.32. The number of esters is 1. The van der Waals surface area contributed by atoms with E-state index in [4.69, 9.17) is 9.72 Å². The van der Waals surface area contributed by atoms with Gasteiger partial charge in [0.05, 0.1) is 23.9 Å². The van der Waals surface area contributed by atoms with Crippen LogP contribution in [0.15, 0.2) is 48.8 Å². The number of ether oxygens (including phenoxy) is 1. The van der Waals surface area contributed by atoms with E-state index in [1.165, 1.54) is 7.11 Å². The minimum Gasteiger partial charge on any atom is -0.467 e. The van der Waals surface area contributed by atoms with Crippen molar-refractivity contribution in [1.82, 2.24) is 15.3 Å². The summed E-state index contributed by atoms with van der Waals surface area (Å²) in [5.41, 5.74) is 3.78. The Labute approximate surface area is 186 Å². The second-order valence-electron chi connectivity index (χ2n) is 7.56. The molecule has 31 heavy (non-hydrogen) atoms. The van der Waals surface area contributed by atoms with Crippen LogP contribution in [0.5, 0.6) is 0 Å². The fourth-order valence-corrected chi connectivity index (χ4v) is 3.79. The first-order chi connectivity index (χ1) is 14.9. The minimum absolute atomic E-state index is 0.308. The maximum absolute atomic E-state index is 13.3. The number of methoxy groups -OCH3 is 1. The maximum Gasteiger partial charge on any atom is 0.328 e. The van der Waals surface area contributed by atoms with Gasteiger partial charge in [0.1, 0.15) is 6.04 Å². The lowest BCUT2D eigenvalue weighted by atomic mass is 9.97. The molecule has 3 aromatic rings. The van der Waals surface area contributed by atoms with Crippen molar-refractivity contribution >= 4 is 34.5 Å². The Balaban J connectivity index is 2.09. The summed E-state index contributed by atoms with van der Waals surface area (Å²) in [5.74, 6) is 0.268. The number of hydrogen-bond acceptors (Lipinski definition) is 6. The number of fused-ring (bicyclic) bond motifs is 1. The van der Waals surface area contributed by atoms with Crippen molar-refractivity contribution in [2.45, 2.75) is 32.2 Å². The highest BCUT2D eigenvalue weighted by molar-refractivity contribution is 7.98. The number of nitrogens with zero attached hydrogens (tertiary/aromatic N) is 2. The molecule has 162 valence electrons. The first-order valence-corrected chi connectivity index (χ1v) is 11.6. The van der Waals surface area contributed by atoms with Gasteiger partial charge in [0.2, 0.25) is 0 Å². The summed E-state index contributed by atoms with van der Waals surface area (Å²) in [6.07, 6.45) is 5.86. The molecule has 2 aromatic heterocycles. The van der Waals surface area contributed by atoms with E-state index >= 15 is 0 Å². The zero-order chi connectivity index (χ0) is 22.4. The largest absolute Gasteiger partial charge is 0.467 e. The molecule has 0 spiro atoms. The molecular weight excluding hydrogens is 410 g/mol. The summed E-state index contributed by atoms with van der Waals surface area (Å²) in [5, 5.41) is 3.62. The molecule has 0 radical (unpaired) electrons. The number of hydrogen-bond donors (Lipinski definition) is 1. The molecule has 3 rings (SSSR count). The van der Waals surface area contributed by atoms with Crippen molar-refractivity contribution in [2.75, 3.05) is 19.1 Å². The summed E-state index contributed by atoms with van der Waals surface area (Å²) in [6, 6.07) is 10.8. The van der Waals surface area contributed by atoms with Crippen LogP contribution in [-0.2, 0) is 9.53 Å². The van der Waals surface area contributed by atoms with Crippen LogP contribution in [0.3, 0.4) is 0 Å². The molecule has 0 aliphatic heterocycles. The summed E-state index contributed by atoms with van der Waals surface area (Å²) in [7, 11) is 1.33. The van der Waals surface area contributed by atoms with Crippen molar-refractivity contribution in [1.29, 1.82) is 0 Å². The SMILES string of the molecule is COC(=O)C(CCSC)NC(=O)c1cc(-c2cccnc2)nc2ccc(C(C)C)cc12. The molecule has 0 saturated heterocycles. The van der Waals surface area contributed by atoms with Gasteiger partial charge in [-0.2, -0.15) is 11.8 Å². The van der Waals surface area contributed by atoms with Crippen molar-refractivity contribution in [3.63, 3.8) is 0 Å². The van der Waals surface area contributed by atoms with Gasteiger partial charge in [-0.25, -0.2) is 9.78 Å². The first-order valence-electron chi connectivity index (χ1n) is 10.2. The lowest BCUT2D eigenvalue weighted by Crippen LogP contribution is -2.42. The Bertz CT molecular complexity index is 1070. The third kappa shape index (κ3) is 5.41. The molecule has 1 atom stereocenters. The van der Waals surface area contributed by atoms with E-state index in [1.54, 1.807) is 30.2 Å². The highest BCUT2D eigenvalue weighted by atomic mass is 32.2. The minimum atomic E-state index is -0.705. The third-order valence-electron chi connectivity index (χ3n) is 5.10. The van der Waals surface area contributed by atoms with Crippen LogP contribution in [0.4, 0.5) is 0 Å². The van der Waals surface area contributed by atoms with Crippen molar-refractivity contribution in [2.24, 2.45) is 0 Å². The fraction of sp³-hybridized carbons (Fsp3) is 0.333. The summed E-state index contributed by atoms with van der Waals surface area (Å²) in [6.45, 7) is 4.21. The average molecular weight is 438 g/mol. The van der Waals surface area contributed by atoms with Crippen molar-refractivity contribution < 1.29 is 14.3 Å². The number of thioether (sulfide) groups is 1. The van der Waals surface area contributed by atoms with E-state index in [9.17, 15) is 9.59 Å². The summed E-state index contributed by atoms with van der Waals surface area (Å²) >= 11 is 1.61. The van der Waals surface area contributed by atoms with E-state index in [2.05, 4.69) is 24.1 Å². The molecule has 1 aromatic carbocycles. The van der Waals surface area contributed by atoms with E-state index in [1.807, 2.05) is 36.6 Å². The Morgan fingerprint density at radius 3 is 2.65 bits per heavy atom. The molecule has 1 N–H and O–H groups in total. The van der Waals surface area contributed by atoms with E-state index in [-0.39, 0.29) is 5.91 Å². The zero-order valence-electron chi connectivity index (χ0n) is 18.2. The topological polar surface area (TPSA) is 81.2 Å². The lowest BCUT2D eigenvalue weighted by molar-refractivity contribution is -0.142. The smallest absolute Gasteiger partial charge is 0.328 e. The maximum atomic E-state index is 13.3. The predicted octanol–water partition coefficient (Wildman–Crippen LogP) is 4.44. The van der Waals surface area contributed by atoms with Gasteiger partial charge in [-0.3, -0.25) is 9.78 Å². The molecule has 1 amide bonds. The zero-order valence-corrected chi connectivity index (χ0v) is 19.0. The molecule has 1 unspecified atom stereocenters. The molecule has 2 heterocycles. The number of pyridine rings is 2. The second kappa shape index (κ2) is 10.4. The molecular formula is C24H27N3O3S. The van der Waals surface area contributed by atoms with Crippen LogP contribution in [0.25, 0.3) is 22.2 Å². The average Bonchev–Trinajstić information content (AvgIpc) is 2.80. The summed E-state index contributed by atoms with van der Waals surface area (Å²) in [4.78, 5) is 34.5. The highest BCUT2D eigenvalue weighted by Crippen LogP contribution is 2.27. The number of rotatable bonds is 8. The molecule has 0 bridgehead atoms. The molecule has 6 nitrogen and oxygen atoms in total. The van der Waals surface area contributed by atoms with E-state index < -0.39 is 12.0 Å². The second-order valence-corrected chi connectivity index (χ2v) is 8.54. The van der Waals surface area contributed by atoms with Gasteiger partial charge >= 0.3 is 5.97 Å². The van der Waals surface area contributed by atoms with Crippen LogP contribution < -0.4 is 5.32 Å². The standard InChI is InChI=1S/C24H27N3O3S/c1-15(2)16-7-8-20-18(12-16)19(13-22(26-20)17-6-5-10-25-14-17)23(28)27-21(9-11-31-4)24(29)30-3/h5-8,10,12-15,21H,9,11H2,1-4H3,(H,27,28). The number of amides is 1. The highest BCUT2D eigenvalue weighted by Gasteiger charge is 2.23. The Morgan fingerprint density at radius 1 is 1.19 bits per heavy atom. The van der Waals surface area contributed by atoms with Crippen LogP contribution in [0.1, 0.15) is 42.1 Å². The van der Waals surface area contributed by atoms with Crippen LogP contribution >= 0.6 is 11.8 Å². The van der Waals surface area contributed by atoms with Crippen LogP contribution in [-0.4, -0.2) is 47.0 Å².